The minimum Gasteiger partial charge on any atom is -0.369 e. The largest absolute Gasteiger partial charge is 0.433 e. The zero-order valence-electron chi connectivity index (χ0n) is 9.78. The third-order valence-corrected chi connectivity index (χ3v) is 3.06. The van der Waals surface area contributed by atoms with Gasteiger partial charge in [0.1, 0.15) is 5.69 Å². The number of alkyl halides is 3. The Kier molecular flexibility index (Phi) is 3.87. The first kappa shape index (κ1) is 13.3. The van der Waals surface area contributed by atoms with Crippen LogP contribution in [-0.4, -0.2) is 17.6 Å². The lowest BCUT2D eigenvalue weighted by Crippen LogP contribution is -2.29. The lowest BCUT2D eigenvalue weighted by molar-refractivity contribution is -0.141. The van der Waals surface area contributed by atoms with Gasteiger partial charge in [-0.3, -0.25) is 4.98 Å². The highest BCUT2D eigenvalue weighted by Crippen LogP contribution is 2.32. The van der Waals surface area contributed by atoms with Crippen LogP contribution < -0.4 is 5.73 Å². The summed E-state index contributed by atoms with van der Waals surface area (Å²) in [5, 5.41) is 0. The van der Waals surface area contributed by atoms with Gasteiger partial charge < -0.3 is 10.5 Å². The average Bonchev–Trinajstić information content (AvgIpc) is 2.38. The molecule has 3 nitrogen and oxygen atoms in total. The second kappa shape index (κ2) is 5.24. The molecule has 0 bridgehead atoms. The maximum Gasteiger partial charge on any atom is 0.433 e. The van der Waals surface area contributed by atoms with Crippen molar-refractivity contribution in [1.82, 2.24) is 4.98 Å². The Morgan fingerprint density at radius 1 is 1.33 bits per heavy atom. The van der Waals surface area contributed by atoms with Crippen molar-refractivity contribution in [1.29, 1.82) is 0 Å². The highest BCUT2D eigenvalue weighted by atomic mass is 19.4. The van der Waals surface area contributed by atoms with Gasteiger partial charge >= 0.3 is 6.18 Å². The number of ether oxygens (including phenoxy) is 1. The molecule has 18 heavy (non-hydrogen) atoms. The zero-order valence-corrected chi connectivity index (χ0v) is 9.78. The van der Waals surface area contributed by atoms with Crippen molar-refractivity contribution in [3.8, 4) is 0 Å². The minimum atomic E-state index is -4.40. The summed E-state index contributed by atoms with van der Waals surface area (Å²) in [5.74, 6) is 0. The van der Waals surface area contributed by atoms with Gasteiger partial charge in [0.2, 0.25) is 0 Å². The molecule has 0 spiro atoms. The number of rotatable bonds is 2. The van der Waals surface area contributed by atoms with Crippen LogP contribution in [-0.2, 0) is 10.9 Å². The van der Waals surface area contributed by atoms with E-state index in [-0.39, 0.29) is 12.2 Å². The molecule has 1 aromatic rings. The molecule has 0 amide bonds. The van der Waals surface area contributed by atoms with E-state index in [2.05, 4.69) is 4.98 Å². The molecule has 1 fully saturated rings. The van der Waals surface area contributed by atoms with E-state index in [9.17, 15) is 13.2 Å². The molecular formula is C12H15F3N2O. The predicted octanol–water partition coefficient (Wildman–Crippen LogP) is 2.67. The van der Waals surface area contributed by atoms with Gasteiger partial charge in [0, 0.05) is 12.7 Å². The van der Waals surface area contributed by atoms with Crippen molar-refractivity contribution >= 4 is 0 Å². The van der Waals surface area contributed by atoms with Crippen molar-refractivity contribution < 1.29 is 17.9 Å². The van der Waals surface area contributed by atoms with E-state index >= 15 is 0 Å². The summed E-state index contributed by atoms with van der Waals surface area (Å²) >= 11 is 0. The fourth-order valence-corrected chi connectivity index (χ4v) is 2.08. The maximum atomic E-state index is 12.4. The monoisotopic (exact) mass is 260 g/mol. The Hall–Kier alpha value is -1.14. The number of nitrogens with zero attached hydrogens (tertiary/aromatic N) is 1. The number of halogens is 3. The molecule has 2 rings (SSSR count). The molecule has 0 aliphatic carbocycles. The summed E-state index contributed by atoms with van der Waals surface area (Å²) < 4.78 is 42.8. The summed E-state index contributed by atoms with van der Waals surface area (Å²) in [6.07, 6.45) is -0.691. The fourth-order valence-electron chi connectivity index (χ4n) is 2.08. The van der Waals surface area contributed by atoms with E-state index in [1.807, 2.05) is 0 Å². The number of nitrogens with two attached hydrogens (primary N) is 1. The van der Waals surface area contributed by atoms with Gasteiger partial charge in [0.05, 0.1) is 12.2 Å². The third kappa shape index (κ3) is 3.00. The Balaban J connectivity index is 2.09. The van der Waals surface area contributed by atoms with E-state index in [1.54, 1.807) is 0 Å². The quantitative estimate of drug-likeness (QED) is 0.889. The molecule has 2 atom stereocenters. The van der Waals surface area contributed by atoms with Crippen molar-refractivity contribution in [2.24, 2.45) is 5.73 Å². The molecule has 100 valence electrons. The van der Waals surface area contributed by atoms with Crippen molar-refractivity contribution in [2.45, 2.75) is 37.6 Å². The van der Waals surface area contributed by atoms with E-state index in [4.69, 9.17) is 10.5 Å². The Morgan fingerprint density at radius 3 is 2.67 bits per heavy atom. The van der Waals surface area contributed by atoms with Crippen LogP contribution >= 0.6 is 0 Å². The summed E-state index contributed by atoms with van der Waals surface area (Å²) in [7, 11) is 0. The molecule has 0 saturated carbocycles. The highest BCUT2D eigenvalue weighted by molar-refractivity contribution is 5.18. The molecule has 0 aromatic carbocycles. The van der Waals surface area contributed by atoms with Gasteiger partial charge in [-0.25, -0.2) is 0 Å². The first-order chi connectivity index (χ1) is 8.50. The van der Waals surface area contributed by atoms with E-state index in [1.165, 1.54) is 12.3 Å². The Bertz CT molecular complexity index is 391. The van der Waals surface area contributed by atoms with Crippen LogP contribution in [0.15, 0.2) is 18.3 Å². The Labute approximate surface area is 103 Å². The summed E-state index contributed by atoms with van der Waals surface area (Å²) in [6.45, 7) is 0.435. The highest BCUT2D eigenvalue weighted by Gasteiger charge is 2.32. The van der Waals surface area contributed by atoms with Gasteiger partial charge in [-0.05, 0) is 30.9 Å². The van der Waals surface area contributed by atoms with Crippen LogP contribution in [0.5, 0.6) is 0 Å². The molecule has 0 radical (unpaired) electrons. The Morgan fingerprint density at radius 2 is 2.11 bits per heavy atom. The van der Waals surface area contributed by atoms with Gasteiger partial charge in [-0.2, -0.15) is 13.2 Å². The zero-order chi connectivity index (χ0) is 13.2. The maximum absolute atomic E-state index is 12.4. The van der Waals surface area contributed by atoms with Crippen LogP contribution in [0.25, 0.3) is 0 Å². The van der Waals surface area contributed by atoms with Crippen molar-refractivity contribution in [3.05, 3.63) is 29.6 Å². The lowest BCUT2D eigenvalue weighted by atomic mass is 9.99. The molecule has 1 aliphatic rings. The lowest BCUT2D eigenvalue weighted by Gasteiger charge is -2.29. The van der Waals surface area contributed by atoms with Crippen LogP contribution in [0.3, 0.4) is 0 Å². The molecular weight excluding hydrogens is 245 g/mol. The summed E-state index contributed by atoms with van der Waals surface area (Å²) in [5.41, 5.74) is 5.34. The van der Waals surface area contributed by atoms with Crippen LogP contribution in [0, 0.1) is 0 Å². The first-order valence-electron chi connectivity index (χ1n) is 5.89. The number of hydrogen-bond acceptors (Lipinski definition) is 3. The second-order valence-electron chi connectivity index (χ2n) is 4.39. The molecule has 2 N–H and O–H groups in total. The normalized spacial score (nSPS) is 25.1. The SMILES string of the molecule is NC[C@H]1CCC[C@@H](c2ccc(C(F)(F)F)nc2)O1. The van der Waals surface area contributed by atoms with Crippen molar-refractivity contribution in [3.63, 3.8) is 0 Å². The molecule has 1 saturated heterocycles. The van der Waals surface area contributed by atoms with Crippen molar-refractivity contribution in [2.75, 3.05) is 6.54 Å². The molecule has 0 unspecified atom stereocenters. The number of aromatic nitrogens is 1. The number of pyridine rings is 1. The third-order valence-electron chi connectivity index (χ3n) is 3.06. The number of hydrogen-bond donors (Lipinski definition) is 1. The van der Waals surface area contributed by atoms with Gasteiger partial charge in [0.15, 0.2) is 0 Å². The van der Waals surface area contributed by atoms with Gasteiger partial charge in [-0.1, -0.05) is 6.07 Å². The standard InChI is InChI=1S/C12H15F3N2O/c13-12(14,15)11-5-4-8(7-17-11)10-3-1-2-9(6-16)18-10/h4-5,7,9-10H,1-3,6,16H2/t9-,10+/m1/s1. The van der Waals surface area contributed by atoms with E-state index < -0.39 is 11.9 Å². The van der Waals surface area contributed by atoms with E-state index in [0.717, 1.165) is 25.3 Å². The van der Waals surface area contributed by atoms with Crippen LogP contribution in [0.4, 0.5) is 13.2 Å². The molecule has 6 heteroatoms. The summed E-state index contributed by atoms with van der Waals surface area (Å²) in [6, 6.07) is 2.42. The molecule has 1 aromatic heterocycles. The van der Waals surface area contributed by atoms with Crippen LogP contribution in [0.1, 0.15) is 36.6 Å². The second-order valence-corrected chi connectivity index (χ2v) is 4.39. The van der Waals surface area contributed by atoms with Crippen LogP contribution in [0.2, 0.25) is 0 Å². The first-order valence-corrected chi connectivity index (χ1v) is 5.89. The molecule has 1 aliphatic heterocycles. The fraction of sp³-hybridized carbons (Fsp3) is 0.583. The average molecular weight is 260 g/mol. The predicted molar refractivity (Wildman–Crippen MR) is 59.8 cm³/mol. The summed E-state index contributed by atoms with van der Waals surface area (Å²) in [4.78, 5) is 3.44. The molecule has 2 heterocycles. The minimum absolute atomic E-state index is 0.00829. The topological polar surface area (TPSA) is 48.1 Å². The van der Waals surface area contributed by atoms with Gasteiger partial charge in [-0.15, -0.1) is 0 Å². The van der Waals surface area contributed by atoms with E-state index in [0.29, 0.717) is 12.1 Å². The smallest absolute Gasteiger partial charge is 0.369 e. The van der Waals surface area contributed by atoms with Gasteiger partial charge in [0.25, 0.3) is 0 Å².